The molecule has 19 heavy (non-hydrogen) atoms. The Kier molecular flexibility index (Phi) is 41.5. The van der Waals surface area contributed by atoms with E-state index in [-0.39, 0.29) is 18.6 Å². The lowest BCUT2D eigenvalue weighted by atomic mass is 10.2. The lowest BCUT2D eigenvalue weighted by Crippen LogP contribution is -2.35. The first-order valence-corrected chi connectivity index (χ1v) is 7.01. The van der Waals surface area contributed by atoms with Gasteiger partial charge in [-0.15, -0.1) is 0 Å². The monoisotopic (exact) mass is 272 g/mol. The van der Waals surface area contributed by atoms with E-state index in [0.717, 1.165) is 12.8 Å². The summed E-state index contributed by atoms with van der Waals surface area (Å²) in [6.45, 7) is 13.3. The van der Waals surface area contributed by atoms with Gasteiger partial charge in [-0.25, -0.2) is 0 Å². The number of aliphatic hydroxyl groups is 1. The molecule has 1 unspecified atom stereocenters. The SMILES string of the molecule is C/C=C/C#N.CC.CC.CCCC(CO)NC(C)=O. The van der Waals surface area contributed by atoms with Gasteiger partial charge in [0, 0.05) is 13.0 Å². The van der Waals surface area contributed by atoms with Crippen molar-refractivity contribution in [1.82, 2.24) is 5.32 Å². The Bertz CT molecular complexity index is 221. The summed E-state index contributed by atoms with van der Waals surface area (Å²) >= 11 is 0. The van der Waals surface area contributed by atoms with Gasteiger partial charge in [-0.05, 0) is 13.3 Å². The third-order valence-electron chi connectivity index (χ3n) is 1.51. The molecule has 0 aliphatic rings. The van der Waals surface area contributed by atoms with E-state index in [2.05, 4.69) is 5.32 Å². The Balaban J connectivity index is -0.000000105. The van der Waals surface area contributed by atoms with Crippen LogP contribution in [0.25, 0.3) is 0 Å². The molecule has 0 saturated heterocycles. The van der Waals surface area contributed by atoms with E-state index in [9.17, 15) is 4.79 Å². The molecule has 1 atom stereocenters. The molecular weight excluding hydrogens is 240 g/mol. The predicted molar refractivity (Wildman–Crippen MR) is 82.7 cm³/mol. The van der Waals surface area contributed by atoms with Crippen molar-refractivity contribution in [2.24, 2.45) is 0 Å². The van der Waals surface area contributed by atoms with E-state index in [0.29, 0.717) is 0 Å². The summed E-state index contributed by atoms with van der Waals surface area (Å²) in [6, 6.07) is 1.78. The molecule has 0 rings (SSSR count). The van der Waals surface area contributed by atoms with Gasteiger partial charge in [0.25, 0.3) is 0 Å². The van der Waals surface area contributed by atoms with Crippen LogP contribution in [0.5, 0.6) is 0 Å². The second kappa shape index (κ2) is 30.1. The number of nitriles is 1. The molecule has 1 amide bonds. The predicted octanol–water partition coefficient (Wildman–Crippen LogP) is 3.42. The first kappa shape index (κ1) is 26.3. The molecule has 2 N–H and O–H groups in total. The molecule has 114 valence electrons. The topological polar surface area (TPSA) is 73.1 Å². The number of hydrogen-bond donors (Lipinski definition) is 2. The molecule has 0 aliphatic heterocycles. The number of amides is 1. The maximum absolute atomic E-state index is 10.5. The van der Waals surface area contributed by atoms with Gasteiger partial charge in [0.05, 0.1) is 18.7 Å². The van der Waals surface area contributed by atoms with Crippen LogP contribution in [0.3, 0.4) is 0 Å². The van der Waals surface area contributed by atoms with Crippen LogP contribution < -0.4 is 5.32 Å². The normalized spacial score (nSPS) is 9.42. The summed E-state index contributed by atoms with van der Waals surface area (Å²) in [5.41, 5.74) is 0. The molecule has 0 fully saturated rings. The lowest BCUT2D eigenvalue weighted by Gasteiger charge is -2.12. The van der Waals surface area contributed by atoms with E-state index in [1.165, 1.54) is 13.0 Å². The van der Waals surface area contributed by atoms with Gasteiger partial charge in [-0.2, -0.15) is 5.26 Å². The van der Waals surface area contributed by atoms with Crippen molar-refractivity contribution in [3.8, 4) is 6.07 Å². The van der Waals surface area contributed by atoms with Crippen molar-refractivity contribution >= 4 is 5.91 Å². The number of nitrogens with one attached hydrogen (secondary N) is 1. The van der Waals surface area contributed by atoms with Crippen molar-refractivity contribution in [2.75, 3.05) is 6.61 Å². The summed E-state index contributed by atoms with van der Waals surface area (Å²) in [7, 11) is 0. The Labute approximate surface area is 119 Å². The molecule has 0 aromatic rings. The van der Waals surface area contributed by atoms with Crippen LogP contribution in [0, 0.1) is 11.3 Å². The second-order valence-electron chi connectivity index (χ2n) is 3.00. The highest BCUT2D eigenvalue weighted by molar-refractivity contribution is 5.73. The Morgan fingerprint density at radius 1 is 1.37 bits per heavy atom. The number of aliphatic hydroxyl groups excluding tert-OH is 1. The quantitative estimate of drug-likeness (QED) is 0.770. The highest BCUT2D eigenvalue weighted by Crippen LogP contribution is 1.94. The van der Waals surface area contributed by atoms with E-state index >= 15 is 0 Å². The summed E-state index contributed by atoms with van der Waals surface area (Å²) in [5.74, 6) is -0.0764. The first-order chi connectivity index (χ1) is 9.12. The van der Waals surface area contributed by atoms with Crippen molar-refractivity contribution < 1.29 is 9.90 Å². The van der Waals surface area contributed by atoms with Crippen LogP contribution in [-0.2, 0) is 4.79 Å². The van der Waals surface area contributed by atoms with E-state index in [1.807, 2.05) is 47.6 Å². The number of nitrogens with zero attached hydrogens (tertiary/aromatic N) is 1. The maximum atomic E-state index is 10.5. The average Bonchev–Trinajstić information content (AvgIpc) is 2.44. The number of carbonyl (C=O) groups is 1. The summed E-state index contributed by atoms with van der Waals surface area (Å²) in [6.07, 6.45) is 4.95. The molecule has 0 aromatic heterocycles. The second-order valence-corrected chi connectivity index (χ2v) is 3.00. The number of carbonyl (C=O) groups excluding carboxylic acids is 1. The zero-order chi connectivity index (χ0) is 16.1. The van der Waals surface area contributed by atoms with Gasteiger partial charge in [-0.3, -0.25) is 4.79 Å². The Morgan fingerprint density at radius 3 is 2.00 bits per heavy atom. The molecule has 4 nitrogen and oxygen atoms in total. The third-order valence-corrected chi connectivity index (χ3v) is 1.51. The van der Waals surface area contributed by atoms with Crippen molar-refractivity contribution in [3.05, 3.63) is 12.2 Å². The van der Waals surface area contributed by atoms with Crippen molar-refractivity contribution in [1.29, 1.82) is 5.26 Å². The molecular formula is C15H32N2O2. The zero-order valence-electron chi connectivity index (χ0n) is 13.7. The average molecular weight is 272 g/mol. The summed E-state index contributed by atoms with van der Waals surface area (Å²) in [4.78, 5) is 10.5. The zero-order valence-corrected chi connectivity index (χ0v) is 13.7. The smallest absolute Gasteiger partial charge is 0.217 e. The van der Waals surface area contributed by atoms with Crippen LogP contribution in [0.2, 0.25) is 0 Å². The summed E-state index contributed by atoms with van der Waals surface area (Å²) < 4.78 is 0. The first-order valence-electron chi connectivity index (χ1n) is 7.01. The summed E-state index contributed by atoms with van der Waals surface area (Å²) in [5, 5.41) is 19.1. The standard InChI is InChI=1S/C7H15NO2.C4H5N.2C2H6/c1-3-4-7(5-9)8-6(2)10;1-2-3-4-5;2*1-2/h7,9H,3-5H2,1-2H3,(H,8,10);2-3H,1H3;2*1-2H3/b;3-2+;;. The third kappa shape index (κ3) is 38.4. The minimum absolute atomic E-state index is 0.0351. The van der Waals surface area contributed by atoms with Gasteiger partial charge in [0.2, 0.25) is 5.91 Å². The largest absolute Gasteiger partial charge is 0.394 e. The van der Waals surface area contributed by atoms with Crippen LogP contribution in [0.15, 0.2) is 12.2 Å². The molecule has 0 spiro atoms. The van der Waals surface area contributed by atoms with Crippen molar-refractivity contribution in [2.45, 2.75) is 67.3 Å². The van der Waals surface area contributed by atoms with E-state index in [1.54, 1.807) is 6.08 Å². The highest BCUT2D eigenvalue weighted by Gasteiger charge is 2.05. The Morgan fingerprint density at radius 2 is 1.84 bits per heavy atom. The number of hydrogen-bond acceptors (Lipinski definition) is 3. The minimum Gasteiger partial charge on any atom is -0.394 e. The fourth-order valence-electron chi connectivity index (χ4n) is 0.920. The molecule has 0 bridgehead atoms. The maximum Gasteiger partial charge on any atom is 0.217 e. The molecule has 0 aromatic carbocycles. The highest BCUT2D eigenvalue weighted by atomic mass is 16.3. The van der Waals surface area contributed by atoms with Gasteiger partial charge in [0.15, 0.2) is 0 Å². The van der Waals surface area contributed by atoms with Gasteiger partial charge in [0.1, 0.15) is 0 Å². The van der Waals surface area contributed by atoms with Crippen LogP contribution in [0.1, 0.15) is 61.3 Å². The molecule has 0 saturated carbocycles. The molecule has 0 heterocycles. The molecule has 0 aliphatic carbocycles. The van der Waals surface area contributed by atoms with Crippen LogP contribution in [0.4, 0.5) is 0 Å². The van der Waals surface area contributed by atoms with Crippen LogP contribution in [-0.4, -0.2) is 23.7 Å². The Hall–Kier alpha value is -1.34. The van der Waals surface area contributed by atoms with Gasteiger partial charge < -0.3 is 10.4 Å². The molecule has 0 radical (unpaired) electrons. The minimum atomic E-state index is -0.0764. The van der Waals surface area contributed by atoms with E-state index in [4.69, 9.17) is 10.4 Å². The fourth-order valence-corrected chi connectivity index (χ4v) is 0.920. The fraction of sp³-hybridized carbons (Fsp3) is 0.733. The lowest BCUT2D eigenvalue weighted by molar-refractivity contribution is -0.120. The van der Waals surface area contributed by atoms with Gasteiger partial charge >= 0.3 is 0 Å². The van der Waals surface area contributed by atoms with Crippen LogP contribution >= 0.6 is 0 Å². The van der Waals surface area contributed by atoms with E-state index < -0.39 is 0 Å². The molecule has 4 heteroatoms. The van der Waals surface area contributed by atoms with Gasteiger partial charge in [-0.1, -0.05) is 47.1 Å². The number of allylic oxidation sites excluding steroid dienone is 2. The number of rotatable bonds is 4. The van der Waals surface area contributed by atoms with Crippen molar-refractivity contribution in [3.63, 3.8) is 0 Å².